The number of carbonyl (C=O) groups is 1. The summed E-state index contributed by atoms with van der Waals surface area (Å²) in [5, 5.41) is 0.788. The van der Waals surface area contributed by atoms with Crippen molar-refractivity contribution in [2.24, 2.45) is 0 Å². The van der Waals surface area contributed by atoms with Crippen LogP contribution in [0.3, 0.4) is 0 Å². The SMILES string of the molecule is COc1ccc2c(c1)CN(C(=O)c1sc(-c3ccc(OC)c(OC)c3)nc1C)CC2. The van der Waals surface area contributed by atoms with Crippen LogP contribution in [-0.4, -0.2) is 43.7 Å². The Kier molecular flexibility index (Phi) is 5.63. The number of aryl methyl sites for hydroxylation is 1. The fraction of sp³-hybridized carbons (Fsp3) is 0.304. The molecule has 1 aromatic heterocycles. The molecule has 0 atom stereocenters. The van der Waals surface area contributed by atoms with E-state index in [4.69, 9.17) is 14.2 Å². The summed E-state index contributed by atoms with van der Waals surface area (Å²) >= 11 is 1.41. The highest BCUT2D eigenvalue weighted by Crippen LogP contribution is 2.36. The van der Waals surface area contributed by atoms with E-state index in [9.17, 15) is 4.79 Å². The fourth-order valence-electron chi connectivity index (χ4n) is 3.66. The van der Waals surface area contributed by atoms with Gasteiger partial charge in [-0.25, -0.2) is 4.98 Å². The molecule has 0 saturated heterocycles. The maximum absolute atomic E-state index is 13.3. The van der Waals surface area contributed by atoms with Crippen LogP contribution < -0.4 is 14.2 Å². The van der Waals surface area contributed by atoms with Gasteiger partial charge in [0, 0.05) is 18.7 Å². The van der Waals surface area contributed by atoms with Gasteiger partial charge >= 0.3 is 0 Å². The largest absolute Gasteiger partial charge is 0.497 e. The van der Waals surface area contributed by atoms with Crippen molar-refractivity contribution in [3.63, 3.8) is 0 Å². The van der Waals surface area contributed by atoms with Gasteiger partial charge in [0.05, 0.1) is 27.0 Å². The molecule has 1 aliphatic rings. The quantitative estimate of drug-likeness (QED) is 0.610. The Labute approximate surface area is 180 Å². The molecule has 0 aliphatic carbocycles. The lowest BCUT2D eigenvalue weighted by Crippen LogP contribution is -2.35. The molecule has 156 valence electrons. The zero-order valence-electron chi connectivity index (χ0n) is 17.5. The lowest BCUT2D eigenvalue weighted by atomic mass is 9.99. The second-order valence-corrected chi connectivity index (χ2v) is 8.11. The molecule has 2 aromatic carbocycles. The molecule has 0 unspecified atom stereocenters. The third-order valence-corrected chi connectivity index (χ3v) is 6.53. The number of rotatable bonds is 5. The first kappa shape index (κ1) is 20.2. The number of amides is 1. The number of aromatic nitrogens is 1. The number of hydrogen-bond acceptors (Lipinski definition) is 6. The molecule has 0 bridgehead atoms. The summed E-state index contributed by atoms with van der Waals surface area (Å²) in [6, 6.07) is 11.7. The second kappa shape index (κ2) is 8.36. The minimum atomic E-state index is 0.0187. The highest BCUT2D eigenvalue weighted by Gasteiger charge is 2.26. The van der Waals surface area contributed by atoms with E-state index >= 15 is 0 Å². The highest BCUT2D eigenvalue weighted by molar-refractivity contribution is 7.17. The van der Waals surface area contributed by atoms with Crippen molar-refractivity contribution < 1.29 is 19.0 Å². The van der Waals surface area contributed by atoms with Crippen LogP contribution in [0.4, 0.5) is 0 Å². The number of fused-ring (bicyclic) bond motifs is 1. The number of thiazole rings is 1. The second-order valence-electron chi connectivity index (χ2n) is 7.11. The van der Waals surface area contributed by atoms with Gasteiger partial charge in [-0.05, 0) is 54.8 Å². The molecule has 0 spiro atoms. The Hall–Kier alpha value is -3.06. The Balaban J connectivity index is 1.59. The van der Waals surface area contributed by atoms with E-state index in [2.05, 4.69) is 11.1 Å². The number of methoxy groups -OCH3 is 3. The number of ether oxygens (including phenoxy) is 3. The summed E-state index contributed by atoms with van der Waals surface area (Å²) in [6.07, 6.45) is 0.839. The lowest BCUT2D eigenvalue weighted by molar-refractivity contribution is 0.0738. The van der Waals surface area contributed by atoms with E-state index in [-0.39, 0.29) is 5.91 Å². The lowest BCUT2D eigenvalue weighted by Gasteiger charge is -2.29. The van der Waals surface area contributed by atoms with Crippen LogP contribution >= 0.6 is 11.3 Å². The number of hydrogen-bond donors (Lipinski definition) is 0. The first-order valence-electron chi connectivity index (χ1n) is 9.69. The smallest absolute Gasteiger partial charge is 0.266 e. The monoisotopic (exact) mass is 424 g/mol. The topological polar surface area (TPSA) is 60.9 Å². The van der Waals surface area contributed by atoms with E-state index in [0.717, 1.165) is 34.0 Å². The van der Waals surface area contributed by atoms with Crippen molar-refractivity contribution in [1.29, 1.82) is 0 Å². The van der Waals surface area contributed by atoms with Gasteiger partial charge in [0.1, 0.15) is 15.6 Å². The summed E-state index contributed by atoms with van der Waals surface area (Å²) in [5.74, 6) is 2.13. The summed E-state index contributed by atoms with van der Waals surface area (Å²) < 4.78 is 16.0. The molecule has 0 fully saturated rings. The van der Waals surface area contributed by atoms with Crippen molar-refractivity contribution in [3.05, 3.63) is 58.1 Å². The van der Waals surface area contributed by atoms with E-state index < -0.39 is 0 Å². The van der Waals surface area contributed by atoms with Gasteiger partial charge in [0.25, 0.3) is 5.91 Å². The molecular formula is C23H24N2O4S. The Bertz CT molecular complexity index is 1090. The normalized spacial score (nSPS) is 13.0. The number of nitrogens with zero attached hydrogens (tertiary/aromatic N) is 2. The molecule has 0 saturated carbocycles. The van der Waals surface area contributed by atoms with Crippen molar-refractivity contribution in [3.8, 4) is 27.8 Å². The van der Waals surface area contributed by atoms with E-state index in [1.54, 1.807) is 21.3 Å². The number of benzene rings is 2. The molecule has 0 N–H and O–H groups in total. The van der Waals surface area contributed by atoms with Gasteiger partial charge in [-0.3, -0.25) is 4.79 Å². The fourth-order valence-corrected chi connectivity index (χ4v) is 4.70. The van der Waals surface area contributed by atoms with E-state index in [1.807, 2.05) is 42.2 Å². The molecule has 1 amide bonds. The third kappa shape index (κ3) is 3.73. The standard InChI is InChI=1S/C23H24N2O4S/c1-14-21(30-22(24-14)16-6-8-19(28-3)20(12-16)29-4)23(26)25-10-9-15-5-7-18(27-2)11-17(15)13-25/h5-8,11-12H,9-10,13H2,1-4H3. The predicted molar refractivity (Wildman–Crippen MR) is 117 cm³/mol. The van der Waals surface area contributed by atoms with Crippen molar-refractivity contribution in [2.75, 3.05) is 27.9 Å². The summed E-state index contributed by atoms with van der Waals surface area (Å²) in [5.41, 5.74) is 4.04. The van der Waals surface area contributed by atoms with Gasteiger partial charge in [0.2, 0.25) is 0 Å². The van der Waals surface area contributed by atoms with Gasteiger partial charge in [-0.1, -0.05) is 6.07 Å². The molecular weight excluding hydrogens is 400 g/mol. The molecule has 3 aromatic rings. The van der Waals surface area contributed by atoms with Crippen molar-refractivity contribution in [1.82, 2.24) is 9.88 Å². The third-order valence-electron chi connectivity index (χ3n) is 5.33. The Morgan fingerprint density at radius 2 is 1.80 bits per heavy atom. The minimum absolute atomic E-state index is 0.0187. The van der Waals surface area contributed by atoms with Crippen molar-refractivity contribution >= 4 is 17.2 Å². The van der Waals surface area contributed by atoms with Gasteiger partial charge < -0.3 is 19.1 Å². The Morgan fingerprint density at radius 3 is 2.53 bits per heavy atom. The van der Waals surface area contributed by atoms with Crippen LogP contribution in [0.1, 0.15) is 26.5 Å². The molecule has 0 radical (unpaired) electrons. The van der Waals surface area contributed by atoms with Gasteiger partial charge in [0.15, 0.2) is 11.5 Å². The van der Waals surface area contributed by atoms with Gasteiger partial charge in [-0.15, -0.1) is 11.3 Å². The maximum Gasteiger partial charge on any atom is 0.266 e. The molecule has 1 aliphatic heterocycles. The molecule has 7 heteroatoms. The summed E-state index contributed by atoms with van der Waals surface area (Å²) in [6.45, 7) is 3.16. The number of carbonyl (C=O) groups excluding carboxylic acids is 1. The van der Waals surface area contributed by atoms with E-state index in [1.165, 1.54) is 16.9 Å². The van der Waals surface area contributed by atoms with Crippen LogP contribution in [0.5, 0.6) is 17.2 Å². The average molecular weight is 425 g/mol. The predicted octanol–water partition coefficient (Wildman–Crippen LogP) is 4.34. The van der Waals surface area contributed by atoms with Crippen LogP contribution in [-0.2, 0) is 13.0 Å². The summed E-state index contributed by atoms with van der Waals surface area (Å²) in [7, 11) is 4.87. The minimum Gasteiger partial charge on any atom is -0.497 e. The van der Waals surface area contributed by atoms with Crippen LogP contribution in [0, 0.1) is 6.92 Å². The molecule has 2 heterocycles. The van der Waals surface area contributed by atoms with Crippen LogP contribution in [0.15, 0.2) is 36.4 Å². The first-order valence-corrected chi connectivity index (χ1v) is 10.5. The maximum atomic E-state index is 13.3. The molecule has 4 rings (SSSR count). The van der Waals surface area contributed by atoms with E-state index in [0.29, 0.717) is 29.5 Å². The highest BCUT2D eigenvalue weighted by atomic mass is 32.1. The average Bonchev–Trinajstić information content (AvgIpc) is 3.18. The van der Waals surface area contributed by atoms with Crippen LogP contribution in [0.2, 0.25) is 0 Å². The first-order chi connectivity index (χ1) is 14.5. The summed E-state index contributed by atoms with van der Waals surface area (Å²) in [4.78, 5) is 20.5. The molecule has 6 nitrogen and oxygen atoms in total. The van der Waals surface area contributed by atoms with Gasteiger partial charge in [-0.2, -0.15) is 0 Å². The van der Waals surface area contributed by atoms with Crippen LogP contribution in [0.25, 0.3) is 10.6 Å². The zero-order chi connectivity index (χ0) is 21.3. The van der Waals surface area contributed by atoms with Crippen molar-refractivity contribution in [2.45, 2.75) is 19.9 Å². The molecule has 30 heavy (non-hydrogen) atoms. The zero-order valence-corrected chi connectivity index (χ0v) is 18.3. The Morgan fingerprint density at radius 1 is 1.00 bits per heavy atom.